The predicted molar refractivity (Wildman–Crippen MR) is 56.2 cm³/mol. The molecule has 0 N–H and O–H groups in total. The number of aromatic nitrogens is 4. The van der Waals surface area contributed by atoms with Gasteiger partial charge in [0, 0.05) is 12.1 Å². The summed E-state index contributed by atoms with van der Waals surface area (Å²) >= 11 is 0. The van der Waals surface area contributed by atoms with E-state index in [0.29, 0.717) is 0 Å². The number of rotatable bonds is 4. The van der Waals surface area contributed by atoms with Gasteiger partial charge in [0.25, 0.3) is 0 Å². The molecule has 1 heterocycles. The molecule has 9 heteroatoms. The highest BCUT2D eigenvalue weighted by Gasteiger charge is 2.16. The second kappa shape index (κ2) is 4.73. The molecule has 0 fully saturated rings. The van der Waals surface area contributed by atoms with Crippen molar-refractivity contribution in [3.05, 3.63) is 40.0 Å². The molecule has 0 atom stereocenters. The van der Waals surface area contributed by atoms with Crippen molar-refractivity contribution in [2.45, 2.75) is 6.61 Å². The zero-order valence-electron chi connectivity index (χ0n) is 9.28. The van der Waals surface area contributed by atoms with E-state index in [2.05, 4.69) is 15.4 Å². The third kappa shape index (κ3) is 2.56. The van der Waals surface area contributed by atoms with Gasteiger partial charge in [0.05, 0.1) is 12.0 Å². The quantitative estimate of drug-likeness (QED) is 0.591. The summed E-state index contributed by atoms with van der Waals surface area (Å²) < 4.78 is 18.1. The maximum atomic E-state index is 13.0. The lowest BCUT2D eigenvalue weighted by molar-refractivity contribution is -0.386. The van der Waals surface area contributed by atoms with Gasteiger partial charge in [-0.2, -0.15) is 4.80 Å². The van der Waals surface area contributed by atoms with Crippen LogP contribution in [0.15, 0.2) is 18.2 Å². The van der Waals surface area contributed by atoms with Crippen molar-refractivity contribution in [1.82, 2.24) is 20.2 Å². The molecule has 0 bridgehead atoms. The Labute approximate surface area is 100 Å². The number of hydrogen-bond acceptors (Lipinski definition) is 6. The number of benzene rings is 1. The first kappa shape index (κ1) is 11.9. The third-order valence-corrected chi connectivity index (χ3v) is 2.03. The monoisotopic (exact) mass is 253 g/mol. The van der Waals surface area contributed by atoms with E-state index in [4.69, 9.17) is 4.74 Å². The van der Waals surface area contributed by atoms with Gasteiger partial charge in [-0.25, -0.2) is 4.39 Å². The highest BCUT2D eigenvalue weighted by atomic mass is 19.1. The van der Waals surface area contributed by atoms with Gasteiger partial charge in [0.1, 0.15) is 5.82 Å². The van der Waals surface area contributed by atoms with Gasteiger partial charge >= 0.3 is 5.69 Å². The molecule has 2 aromatic rings. The first-order chi connectivity index (χ1) is 8.56. The predicted octanol–water partition coefficient (Wildman–Crippen LogP) is 0.836. The zero-order valence-corrected chi connectivity index (χ0v) is 9.28. The van der Waals surface area contributed by atoms with Crippen LogP contribution in [0, 0.1) is 15.9 Å². The van der Waals surface area contributed by atoms with Gasteiger partial charge in [-0.1, -0.05) is 0 Å². The molecule has 0 radical (unpaired) electrons. The molecular formula is C9H8FN5O3. The first-order valence-corrected chi connectivity index (χ1v) is 4.86. The Kier molecular flexibility index (Phi) is 3.13. The molecular weight excluding hydrogens is 245 g/mol. The Morgan fingerprint density at radius 2 is 2.33 bits per heavy atom. The molecule has 0 aliphatic rings. The summed E-state index contributed by atoms with van der Waals surface area (Å²) in [6.07, 6.45) is 0. The van der Waals surface area contributed by atoms with E-state index < -0.39 is 10.7 Å². The van der Waals surface area contributed by atoms with Crippen LogP contribution in [0.3, 0.4) is 0 Å². The first-order valence-electron chi connectivity index (χ1n) is 4.86. The van der Waals surface area contributed by atoms with Crippen molar-refractivity contribution in [3.8, 4) is 5.75 Å². The average molecular weight is 253 g/mol. The molecule has 0 saturated heterocycles. The lowest BCUT2D eigenvalue weighted by atomic mass is 10.3. The molecule has 94 valence electrons. The topological polar surface area (TPSA) is 96.0 Å². The van der Waals surface area contributed by atoms with E-state index in [1.54, 1.807) is 7.05 Å². The number of tetrazole rings is 1. The van der Waals surface area contributed by atoms with Gasteiger partial charge in [0.2, 0.25) is 5.82 Å². The molecule has 1 aromatic heterocycles. The number of hydrogen-bond donors (Lipinski definition) is 0. The van der Waals surface area contributed by atoms with Crippen LogP contribution in [0.2, 0.25) is 0 Å². The van der Waals surface area contributed by atoms with Crippen LogP contribution >= 0.6 is 0 Å². The maximum absolute atomic E-state index is 13.0. The Balaban J connectivity index is 2.17. The minimum atomic E-state index is -0.654. The normalized spacial score (nSPS) is 10.3. The van der Waals surface area contributed by atoms with E-state index in [9.17, 15) is 14.5 Å². The summed E-state index contributed by atoms with van der Waals surface area (Å²) in [6, 6.07) is 2.97. The van der Waals surface area contributed by atoms with Gasteiger partial charge < -0.3 is 4.74 Å². The Morgan fingerprint density at radius 3 is 2.94 bits per heavy atom. The van der Waals surface area contributed by atoms with E-state index in [1.165, 1.54) is 4.80 Å². The van der Waals surface area contributed by atoms with Crippen molar-refractivity contribution in [2.24, 2.45) is 7.05 Å². The summed E-state index contributed by atoms with van der Waals surface area (Å²) in [5.41, 5.74) is -0.319. The molecule has 0 amide bonds. The molecule has 0 saturated carbocycles. The van der Waals surface area contributed by atoms with Crippen molar-refractivity contribution >= 4 is 5.69 Å². The number of halogens is 1. The van der Waals surface area contributed by atoms with E-state index in [0.717, 1.165) is 18.2 Å². The molecule has 0 unspecified atom stereocenters. The Bertz CT molecular complexity index is 585. The fraction of sp³-hybridized carbons (Fsp3) is 0.222. The third-order valence-electron chi connectivity index (χ3n) is 2.03. The fourth-order valence-electron chi connectivity index (χ4n) is 1.28. The van der Waals surface area contributed by atoms with Crippen molar-refractivity contribution in [2.75, 3.05) is 0 Å². The molecule has 1 aromatic carbocycles. The smallest absolute Gasteiger partial charge is 0.311 e. The van der Waals surface area contributed by atoms with Gasteiger partial charge in [-0.15, -0.1) is 10.2 Å². The van der Waals surface area contributed by atoms with Crippen LogP contribution in [-0.4, -0.2) is 25.1 Å². The molecule has 18 heavy (non-hydrogen) atoms. The summed E-state index contributed by atoms with van der Waals surface area (Å²) in [4.78, 5) is 11.3. The molecule has 0 spiro atoms. The van der Waals surface area contributed by atoms with Crippen LogP contribution in [0.25, 0.3) is 0 Å². The van der Waals surface area contributed by atoms with E-state index in [-0.39, 0.29) is 23.9 Å². The SMILES string of the molecule is Cn1nnc(COc2cc(F)ccc2[N+](=O)[O-])n1. The lowest BCUT2D eigenvalue weighted by Crippen LogP contribution is -2.02. The van der Waals surface area contributed by atoms with Gasteiger partial charge in [-0.05, 0) is 11.3 Å². The highest BCUT2D eigenvalue weighted by Crippen LogP contribution is 2.27. The van der Waals surface area contributed by atoms with Crippen molar-refractivity contribution in [3.63, 3.8) is 0 Å². The van der Waals surface area contributed by atoms with E-state index >= 15 is 0 Å². The fourth-order valence-corrected chi connectivity index (χ4v) is 1.28. The molecule has 0 aliphatic heterocycles. The van der Waals surface area contributed by atoms with Crippen LogP contribution in [0.5, 0.6) is 5.75 Å². The van der Waals surface area contributed by atoms with Crippen LogP contribution in [0.4, 0.5) is 10.1 Å². The number of nitrogens with zero attached hydrogens (tertiary/aromatic N) is 5. The largest absolute Gasteiger partial charge is 0.478 e. The second-order valence-electron chi connectivity index (χ2n) is 3.35. The highest BCUT2D eigenvalue weighted by molar-refractivity contribution is 5.46. The summed E-state index contributed by atoms with van der Waals surface area (Å²) in [6.45, 7) is -0.127. The zero-order chi connectivity index (χ0) is 13.1. The summed E-state index contributed by atoms with van der Waals surface area (Å²) in [7, 11) is 1.57. The number of nitro benzene ring substituents is 1. The van der Waals surface area contributed by atoms with Crippen LogP contribution < -0.4 is 4.74 Å². The minimum Gasteiger partial charge on any atom is -0.478 e. The number of ether oxygens (including phenoxy) is 1. The van der Waals surface area contributed by atoms with Crippen molar-refractivity contribution < 1.29 is 14.1 Å². The maximum Gasteiger partial charge on any atom is 0.311 e. The minimum absolute atomic E-state index is 0.127. The average Bonchev–Trinajstić information content (AvgIpc) is 2.72. The molecule has 8 nitrogen and oxygen atoms in total. The molecule has 0 aliphatic carbocycles. The Morgan fingerprint density at radius 1 is 1.56 bits per heavy atom. The number of nitro groups is 1. The van der Waals surface area contributed by atoms with E-state index in [1.807, 2.05) is 0 Å². The summed E-state index contributed by atoms with van der Waals surface area (Å²) in [5, 5.41) is 21.7. The van der Waals surface area contributed by atoms with Crippen LogP contribution in [0.1, 0.15) is 5.82 Å². The van der Waals surface area contributed by atoms with Crippen molar-refractivity contribution in [1.29, 1.82) is 0 Å². The van der Waals surface area contributed by atoms with Gasteiger partial charge in [0.15, 0.2) is 12.4 Å². The van der Waals surface area contributed by atoms with Crippen LogP contribution in [-0.2, 0) is 13.7 Å². The summed E-state index contributed by atoms with van der Waals surface area (Å²) in [5.74, 6) is -0.550. The second-order valence-corrected chi connectivity index (χ2v) is 3.35. The molecule has 2 rings (SSSR count). The Hall–Kier alpha value is -2.58. The lowest BCUT2D eigenvalue weighted by Gasteiger charge is -2.04. The number of aryl methyl sites for hydroxylation is 1. The standard InChI is InChI=1S/C9H8FN5O3/c1-14-12-9(11-13-14)5-18-8-4-6(10)2-3-7(8)15(16)17/h2-4H,5H2,1H3. The van der Waals surface area contributed by atoms with Gasteiger partial charge in [-0.3, -0.25) is 10.1 Å².